The molecule has 0 aliphatic rings. The number of aromatic nitrogens is 1. The van der Waals surface area contributed by atoms with E-state index in [1.807, 2.05) is 42.8 Å². The Morgan fingerprint density at radius 2 is 2.08 bits per heavy atom. The van der Waals surface area contributed by atoms with Gasteiger partial charge in [-0.25, -0.2) is 0 Å². The van der Waals surface area contributed by atoms with Gasteiger partial charge in [-0.1, -0.05) is 26.5 Å². The molecule has 0 spiro atoms. The van der Waals surface area contributed by atoms with E-state index in [9.17, 15) is 0 Å². The molecular formula is C10H16N2. The lowest BCUT2D eigenvalue weighted by atomic mass is 10.5. The summed E-state index contributed by atoms with van der Waals surface area (Å²) in [4.78, 5) is 4.03. The van der Waals surface area contributed by atoms with Crippen LogP contribution in [0.5, 0.6) is 0 Å². The van der Waals surface area contributed by atoms with Crippen LogP contribution < -0.4 is 5.49 Å². The smallest absolute Gasteiger partial charge is 0.131 e. The number of hydrogen-bond donors (Lipinski definition) is 0. The van der Waals surface area contributed by atoms with Crippen LogP contribution in [0.4, 0.5) is 0 Å². The first-order valence-corrected chi connectivity index (χ1v) is 4.11. The zero-order chi connectivity index (χ0) is 9.40. The standard InChI is InChI=1S/C8H10N2.C2H6/c1-3-10-7-5-4-6-8(10)9-2;1-2/h3-7H,1H2,2H3;1-2H3. The second-order valence-electron chi connectivity index (χ2n) is 1.87. The summed E-state index contributed by atoms with van der Waals surface area (Å²) in [5, 5.41) is 0. The summed E-state index contributed by atoms with van der Waals surface area (Å²) in [5.74, 6) is 0. The summed E-state index contributed by atoms with van der Waals surface area (Å²) in [5.41, 5.74) is 0.914. The molecule has 1 aromatic rings. The fourth-order valence-electron chi connectivity index (χ4n) is 0.791. The Kier molecular flexibility index (Phi) is 5.70. The van der Waals surface area contributed by atoms with Crippen LogP contribution in [0.15, 0.2) is 36.0 Å². The molecule has 2 nitrogen and oxygen atoms in total. The van der Waals surface area contributed by atoms with E-state index in [0.717, 1.165) is 5.49 Å². The molecule has 66 valence electrons. The van der Waals surface area contributed by atoms with Crippen molar-refractivity contribution in [3.05, 3.63) is 36.5 Å². The molecule has 12 heavy (non-hydrogen) atoms. The molecule has 2 heteroatoms. The Morgan fingerprint density at radius 1 is 1.42 bits per heavy atom. The van der Waals surface area contributed by atoms with Gasteiger partial charge < -0.3 is 4.57 Å². The summed E-state index contributed by atoms with van der Waals surface area (Å²) >= 11 is 0. The second kappa shape index (κ2) is 6.40. The van der Waals surface area contributed by atoms with Gasteiger partial charge >= 0.3 is 0 Å². The molecule has 0 fully saturated rings. The van der Waals surface area contributed by atoms with E-state index in [2.05, 4.69) is 11.6 Å². The van der Waals surface area contributed by atoms with Crippen molar-refractivity contribution < 1.29 is 0 Å². The molecule has 1 rings (SSSR count). The fourth-order valence-corrected chi connectivity index (χ4v) is 0.791. The molecule has 0 bridgehead atoms. The summed E-state index contributed by atoms with van der Waals surface area (Å²) in [6.45, 7) is 7.64. The van der Waals surface area contributed by atoms with Crippen LogP contribution >= 0.6 is 0 Å². The highest BCUT2D eigenvalue weighted by Crippen LogP contribution is 1.80. The fraction of sp³-hybridized carbons (Fsp3) is 0.300. The Hall–Kier alpha value is -1.31. The lowest BCUT2D eigenvalue weighted by Gasteiger charge is -1.96. The van der Waals surface area contributed by atoms with Gasteiger partial charge in [0.1, 0.15) is 5.49 Å². The maximum absolute atomic E-state index is 4.03. The normalized spacial score (nSPS) is 10.1. The molecule has 0 saturated heterocycles. The van der Waals surface area contributed by atoms with Crippen LogP contribution in [0.1, 0.15) is 13.8 Å². The largest absolute Gasteiger partial charge is 0.310 e. The van der Waals surface area contributed by atoms with E-state index < -0.39 is 0 Å². The number of pyridine rings is 1. The SMILES string of the molecule is C=Cn1ccccc1=NC.CC. The van der Waals surface area contributed by atoms with Crippen molar-refractivity contribution in [3.8, 4) is 0 Å². The van der Waals surface area contributed by atoms with Crippen LogP contribution in [0.3, 0.4) is 0 Å². The van der Waals surface area contributed by atoms with Crippen molar-refractivity contribution in [2.24, 2.45) is 4.99 Å². The average Bonchev–Trinajstić information content (AvgIpc) is 2.20. The van der Waals surface area contributed by atoms with E-state index in [1.165, 1.54) is 0 Å². The van der Waals surface area contributed by atoms with E-state index in [0.29, 0.717) is 0 Å². The molecule has 0 aromatic carbocycles. The van der Waals surface area contributed by atoms with E-state index in [1.54, 1.807) is 13.2 Å². The van der Waals surface area contributed by atoms with Crippen LogP contribution in [-0.2, 0) is 0 Å². The number of hydrogen-bond acceptors (Lipinski definition) is 1. The predicted octanol–water partition coefficient (Wildman–Crippen LogP) is 2.15. The van der Waals surface area contributed by atoms with Gasteiger partial charge in [-0.15, -0.1) is 0 Å². The third kappa shape index (κ3) is 2.74. The first kappa shape index (κ1) is 10.7. The van der Waals surface area contributed by atoms with Gasteiger partial charge in [-0.2, -0.15) is 0 Å². The molecule has 0 saturated carbocycles. The number of nitrogens with zero attached hydrogens (tertiary/aromatic N) is 2. The summed E-state index contributed by atoms with van der Waals surface area (Å²) in [6, 6.07) is 5.82. The van der Waals surface area contributed by atoms with Crippen LogP contribution in [0.25, 0.3) is 6.20 Å². The highest BCUT2D eigenvalue weighted by Gasteiger charge is 1.80. The van der Waals surface area contributed by atoms with Crippen molar-refractivity contribution in [1.29, 1.82) is 0 Å². The minimum Gasteiger partial charge on any atom is -0.310 e. The van der Waals surface area contributed by atoms with Gasteiger partial charge in [0.05, 0.1) is 0 Å². The van der Waals surface area contributed by atoms with Crippen LogP contribution in [-0.4, -0.2) is 11.6 Å². The zero-order valence-corrected chi connectivity index (χ0v) is 7.99. The van der Waals surface area contributed by atoms with Crippen LogP contribution in [0, 0.1) is 0 Å². The average molecular weight is 164 g/mol. The first-order chi connectivity index (χ1) is 5.88. The van der Waals surface area contributed by atoms with Crippen molar-refractivity contribution in [2.75, 3.05) is 7.05 Å². The van der Waals surface area contributed by atoms with Gasteiger partial charge in [0, 0.05) is 19.4 Å². The van der Waals surface area contributed by atoms with E-state index in [4.69, 9.17) is 0 Å². The second-order valence-corrected chi connectivity index (χ2v) is 1.87. The Morgan fingerprint density at radius 3 is 2.50 bits per heavy atom. The van der Waals surface area contributed by atoms with Crippen molar-refractivity contribution in [3.63, 3.8) is 0 Å². The summed E-state index contributed by atoms with van der Waals surface area (Å²) in [7, 11) is 1.76. The molecule has 1 aromatic heterocycles. The highest BCUT2D eigenvalue weighted by atomic mass is 15.0. The monoisotopic (exact) mass is 164 g/mol. The topological polar surface area (TPSA) is 17.3 Å². The van der Waals surface area contributed by atoms with Crippen LogP contribution in [0.2, 0.25) is 0 Å². The zero-order valence-electron chi connectivity index (χ0n) is 7.99. The van der Waals surface area contributed by atoms with E-state index in [-0.39, 0.29) is 0 Å². The van der Waals surface area contributed by atoms with E-state index >= 15 is 0 Å². The van der Waals surface area contributed by atoms with Gasteiger partial charge in [-0.3, -0.25) is 4.99 Å². The Labute approximate surface area is 73.9 Å². The molecule has 0 unspecified atom stereocenters. The molecule has 0 amide bonds. The van der Waals surface area contributed by atoms with Gasteiger partial charge in [-0.05, 0) is 12.1 Å². The molecule has 0 aliphatic carbocycles. The minimum atomic E-state index is 0.914. The lowest BCUT2D eigenvalue weighted by Crippen LogP contribution is -2.13. The van der Waals surface area contributed by atoms with Gasteiger partial charge in [0.25, 0.3) is 0 Å². The Balaban J connectivity index is 0.000000561. The lowest BCUT2D eigenvalue weighted by molar-refractivity contribution is 0.992. The first-order valence-electron chi connectivity index (χ1n) is 4.11. The quantitative estimate of drug-likeness (QED) is 0.605. The summed E-state index contributed by atoms with van der Waals surface area (Å²) in [6.07, 6.45) is 3.64. The third-order valence-electron chi connectivity index (χ3n) is 1.29. The maximum Gasteiger partial charge on any atom is 0.131 e. The Bertz CT molecular complexity index is 284. The highest BCUT2D eigenvalue weighted by molar-refractivity contribution is 5.16. The molecule has 0 N–H and O–H groups in total. The summed E-state index contributed by atoms with van der Waals surface area (Å²) < 4.78 is 1.86. The van der Waals surface area contributed by atoms with Gasteiger partial charge in [0.15, 0.2) is 0 Å². The van der Waals surface area contributed by atoms with Crippen molar-refractivity contribution >= 4 is 6.20 Å². The third-order valence-corrected chi connectivity index (χ3v) is 1.29. The molecular weight excluding hydrogens is 148 g/mol. The predicted molar refractivity (Wildman–Crippen MR) is 53.7 cm³/mol. The molecule has 0 radical (unpaired) electrons. The van der Waals surface area contributed by atoms with Gasteiger partial charge in [0.2, 0.25) is 0 Å². The molecule has 1 heterocycles. The maximum atomic E-state index is 4.03. The number of rotatable bonds is 1. The van der Waals surface area contributed by atoms with Crippen molar-refractivity contribution in [1.82, 2.24) is 4.57 Å². The van der Waals surface area contributed by atoms with Crippen molar-refractivity contribution in [2.45, 2.75) is 13.8 Å². The molecule has 0 aliphatic heterocycles. The molecule has 0 atom stereocenters. The minimum absolute atomic E-state index is 0.914.